The van der Waals surface area contributed by atoms with Crippen LogP contribution in [-0.2, 0) is 19.6 Å². The molecule has 156 valence electrons. The number of rotatable bonds is 7. The van der Waals surface area contributed by atoms with Crippen LogP contribution in [0.4, 0.5) is 0 Å². The lowest BCUT2D eigenvalue weighted by Crippen LogP contribution is -3.15. The van der Waals surface area contributed by atoms with Gasteiger partial charge < -0.3 is 15.5 Å². The molecule has 0 aliphatic carbocycles. The summed E-state index contributed by atoms with van der Waals surface area (Å²) < 4.78 is 27.3. The highest BCUT2D eigenvalue weighted by Crippen LogP contribution is 2.20. The first-order chi connectivity index (χ1) is 13.1. The third kappa shape index (κ3) is 6.02. The minimum atomic E-state index is -3.53. The van der Waals surface area contributed by atoms with Gasteiger partial charge in [0.2, 0.25) is 15.9 Å². The van der Waals surface area contributed by atoms with E-state index in [0.29, 0.717) is 31.1 Å². The van der Waals surface area contributed by atoms with Gasteiger partial charge in [-0.2, -0.15) is 4.31 Å². The minimum Gasteiger partial charge on any atom is -0.352 e. The van der Waals surface area contributed by atoms with Crippen LogP contribution in [0.2, 0.25) is 0 Å². The van der Waals surface area contributed by atoms with Crippen LogP contribution in [-0.4, -0.2) is 69.8 Å². The zero-order valence-electron chi connectivity index (χ0n) is 17.0. The van der Waals surface area contributed by atoms with Crippen molar-refractivity contribution in [2.45, 2.75) is 38.6 Å². The van der Waals surface area contributed by atoms with E-state index in [1.54, 1.807) is 19.1 Å². The van der Waals surface area contributed by atoms with Crippen LogP contribution in [0.15, 0.2) is 23.1 Å². The van der Waals surface area contributed by atoms with Crippen LogP contribution < -0.4 is 15.5 Å². The summed E-state index contributed by atoms with van der Waals surface area (Å²) in [6, 6.07) is 5.37. The maximum absolute atomic E-state index is 12.9. The summed E-state index contributed by atoms with van der Waals surface area (Å²) in [6.07, 6.45) is 0. The van der Waals surface area contributed by atoms with Gasteiger partial charge in [-0.15, -0.1) is 0 Å². The Labute approximate surface area is 167 Å². The summed E-state index contributed by atoms with van der Waals surface area (Å²) in [7, 11) is -3.53. The number of amides is 2. The lowest BCUT2D eigenvalue weighted by Gasteiger charge is -2.31. The first-order valence-electron chi connectivity index (χ1n) is 9.56. The molecule has 8 nitrogen and oxygen atoms in total. The third-order valence-corrected chi connectivity index (χ3v) is 6.74. The SMILES string of the molecule is Cc1ccc(S(=O)(=O)N2CC[NH+](CC(=O)NCC(=O)NC(C)C)CC2)c(C)c1. The Hall–Kier alpha value is -1.97. The molecule has 0 atom stereocenters. The van der Waals surface area contributed by atoms with Crippen LogP contribution in [0.3, 0.4) is 0 Å². The molecule has 0 radical (unpaired) electrons. The molecule has 9 heteroatoms. The van der Waals surface area contributed by atoms with Gasteiger partial charge in [-0.3, -0.25) is 9.59 Å². The Morgan fingerprint density at radius 2 is 1.79 bits per heavy atom. The van der Waals surface area contributed by atoms with Gasteiger partial charge in [-0.1, -0.05) is 17.7 Å². The summed E-state index contributed by atoms with van der Waals surface area (Å²) in [5.74, 6) is -0.428. The maximum atomic E-state index is 12.9. The van der Waals surface area contributed by atoms with Crippen molar-refractivity contribution in [3.05, 3.63) is 29.3 Å². The molecule has 0 saturated carbocycles. The first kappa shape index (κ1) is 22.3. The van der Waals surface area contributed by atoms with Gasteiger partial charge in [-0.25, -0.2) is 8.42 Å². The van der Waals surface area contributed by atoms with E-state index >= 15 is 0 Å². The Morgan fingerprint density at radius 3 is 2.36 bits per heavy atom. The molecule has 2 amide bonds. The van der Waals surface area contributed by atoms with Crippen molar-refractivity contribution in [1.29, 1.82) is 0 Å². The van der Waals surface area contributed by atoms with Crippen LogP contribution in [0, 0.1) is 13.8 Å². The lowest BCUT2D eigenvalue weighted by atomic mass is 10.2. The number of quaternary nitrogens is 1. The van der Waals surface area contributed by atoms with E-state index in [1.807, 2.05) is 26.8 Å². The summed E-state index contributed by atoms with van der Waals surface area (Å²) >= 11 is 0. The van der Waals surface area contributed by atoms with Gasteiger partial charge in [0.05, 0.1) is 37.6 Å². The number of benzene rings is 1. The molecule has 1 saturated heterocycles. The number of carbonyl (C=O) groups excluding carboxylic acids is 2. The highest BCUT2D eigenvalue weighted by atomic mass is 32.2. The van der Waals surface area contributed by atoms with Crippen molar-refractivity contribution < 1.29 is 22.9 Å². The van der Waals surface area contributed by atoms with Gasteiger partial charge in [0, 0.05) is 6.04 Å². The van der Waals surface area contributed by atoms with E-state index in [0.717, 1.165) is 16.0 Å². The molecule has 28 heavy (non-hydrogen) atoms. The molecule has 1 aromatic rings. The highest BCUT2D eigenvalue weighted by molar-refractivity contribution is 7.89. The van der Waals surface area contributed by atoms with Crippen molar-refractivity contribution >= 4 is 21.8 Å². The van der Waals surface area contributed by atoms with Crippen LogP contribution in [0.5, 0.6) is 0 Å². The number of nitrogens with one attached hydrogen (secondary N) is 3. The maximum Gasteiger partial charge on any atom is 0.275 e. The molecule has 0 bridgehead atoms. The van der Waals surface area contributed by atoms with E-state index in [1.165, 1.54) is 4.31 Å². The zero-order valence-corrected chi connectivity index (χ0v) is 17.9. The quantitative estimate of drug-likeness (QED) is 0.527. The Balaban J connectivity index is 1.85. The number of aryl methyl sites for hydroxylation is 2. The standard InChI is InChI=1S/C19H30N4O4S/c1-14(2)21-18(24)12-20-19(25)13-22-7-9-23(10-8-22)28(26,27)17-6-5-15(3)11-16(17)4/h5-6,11,14H,7-10,12-13H2,1-4H3,(H,20,25)(H,21,24)/p+1. The van der Waals surface area contributed by atoms with Crippen molar-refractivity contribution in [3.8, 4) is 0 Å². The predicted molar refractivity (Wildman–Crippen MR) is 107 cm³/mol. The summed E-state index contributed by atoms with van der Waals surface area (Å²) in [5.41, 5.74) is 1.77. The summed E-state index contributed by atoms with van der Waals surface area (Å²) in [6.45, 7) is 9.48. The van der Waals surface area contributed by atoms with Crippen LogP contribution >= 0.6 is 0 Å². The van der Waals surface area contributed by atoms with E-state index < -0.39 is 10.0 Å². The van der Waals surface area contributed by atoms with Gasteiger partial charge >= 0.3 is 0 Å². The average molecular weight is 412 g/mol. The van der Waals surface area contributed by atoms with Crippen molar-refractivity contribution in [1.82, 2.24) is 14.9 Å². The van der Waals surface area contributed by atoms with Crippen molar-refractivity contribution in [2.24, 2.45) is 0 Å². The molecule has 0 aromatic heterocycles. The fourth-order valence-corrected chi connectivity index (χ4v) is 4.94. The van der Waals surface area contributed by atoms with E-state index in [2.05, 4.69) is 10.6 Å². The second-order valence-corrected chi connectivity index (χ2v) is 9.51. The second kappa shape index (κ2) is 9.49. The fourth-order valence-electron chi connectivity index (χ4n) is 3.29. The average Bonchev–Trinajstić information content (AvgIpc) is 2.59. The van der Waals surface area contributed by atoms with Gasteiger partial charge in [0.15, 0.2) is 6.54 Å². The van der Waals surface area contributed by atoms with Gasteiger partial charge in [-0.05, 0) is 39.3 Å². The largest absolute Gasteiger partial charge is 0.352 e. The minimum absolute atomic E-state index is 0.0298. The molecule has 0 unspecified atom stereocenters. The fraction of sp³-hybridized carbons (Fsp3) is 0.579. The monoisotopic (exact) mass is 411 g/mol. The smallest absolute Gasteiger partial charge is 0.275 e. The van der Waals surface area contributed by atoms with E-state index in [-0.39, 0.29) is 30.9 Å². The molecule has 2 rings (SSSR count). The summed E-state index contributed by atoms with van der Waals surface area (Å²) in [4.78, 5) is 25.0. The Kier molecular flexibility index (Phi) is 7.56. The third-order valence-electron chi connectivity index (χ3n) is 4.68. The molecule has 1 heterocycles. The van der Waals surface area contributed by atoms with Crippen molar-refractivity contribution in [3.63, 3.8) is 0 Å². The molecular formula is C19H31N4O4S+. The molecule has 1 aliphatic rings. The molecule has 1 aliphatic heterocycles. The number of nitrogens with zero attached hydrogens (tertiary/aromatic N) is 1. The summed E-state index contributed by atoms with van der Waals surface area (Å²) in [5, 5.41) is 5.33. The molecule has 1 aromatic carbocycles. The number of carbonyl (C=O) groups is 2. The molecule has 3 N–H and O–H groups in total. The predicted octanol–water partition coefficient (Wildman–Crippen LogP) is -1.17. The number of sulfonamides is 1. The topological polar surface area (TPSA) is 100 Å². The normalized spacial score (nSPS) is 16.2. The number of hydrogen-bond donors (Lipinski definition) is 3. The van der Waals surface area contributed by atoms with Gasteiger partial charge in [0.1, 0.15) is 0 Å². The number of piperazine rings is 1. The zero-order chi connectivity index (χ0) is 20.9. The van der Waals surface area contributed by atoms with Crippen LogP contribution in [0.1, 0.15) is 25.0 Å². The second-order valence-electron chi connectivity index (χ2n) is 7.60. The van der Waals surface area contributed by atoms with Gasteiger partial charge in [0.25, 0.3) is 5.91 Å². The molecule has 0 spiro atoms. The molecular weight excluding hydrogens is 380 g/mol. The highest BCUT2D eigenvalue weighted by Gasteiger charge is 2.32. The lowest BCUT2D eigenvalue weighted by molar-refractivity contribution is -0.895. The van der Waals surface area contributed by atoms with Crippen molar-refractivity contribution in [2.75, 3.05) is 39.3 Å². The molecule has 1 fully saturated rings. The Bertz CT molecular complexity index is 815. The van der Waals surface area contributed by atoms with Crippen LogP contribution in [0.25, 0.3) is 0 Å². The first-order valence-corrected chi connectivity index (χ1v) is 11.0. The number of hydrogen-bond acceptors (Lipinski definition) is 4. The van der Waals surface area contributed by atoms with E-state index in [4.69, 9.17) is 0 Å². The van der Waals surface area contributed by atoms with E-state index in [9.17, 15) is 18.0 Å². The Morgan fingerprint density at radius 1 is 1.14 bits per heavy atom.